The van der Waals surface area contributed by atoms with Crippen molar-refractivity contribution in [1.29, 1.82) is 0 Å². The van der Waals surface area contributed by atoms with Crippen molar-refractivity contribution in [2.75, 3.05) is 6.79 Å². The van der Waals surface area contributed by atoms with Gasteiger partial charge in [-0.05, 0) is 12.8 Å². The van der Waals surface area contributed by atoms with Gasteiger partial charge in [-0.2, -0.15) is 0 Å². The molecule has 1 aliphatic carbocycles. The minimum Gasteiger partial charge on any atom is -0.326 e. The van der Waals surface area contributed by atoms with Gasteiger partial charge in [0.15, 0.2) is 13.1 Å². The Balaban J connectivity index is 1.85. The Labute approximate surface area is 54.5 Å². The number of allylic oxidation sites excluding steroid dienone is 2. The van der Waals surface area contributed by atoms with Crippen molar-refractivity contribution in [2.45, 2.75) is 19.1 Å². The van der Waals surface area contributed by atoms with Gasteiger partial charge in [0.05, 0.1) is 0 Å². The summed E-state index contributed by atoms with van der Waals surface area (Å²) in [6, 6.07) is 0. The third-order valence-corrected chi connectivity index (χ3v) is 1.89. The molecule has 2 aliphatic rings. The fourth-order valence-corrected chi connectivity index (χ4v) is 1.28. The monoisotopic (exact) mass is 126 g/mol. The van der Waals surface area contributed by atoms with Crippen LogP contribution in [0.5, 0.6) is 0 Å². The molecule has 0 bridgehead atoms. The average molecular weight is 126 g/mol. The third-order valence-electron chi connectivity index (χ3n) is 1.89. The molecule has 0 atom stereocenters. The van der Waals surface area contributed by atoms with E-state index in [0.717, 1.165) is 12.8 Å². The lowest BCUT2D eigenvalue weighted by atomic mass is 10.1. The van der Waals surface area contributed by atoms with E-state index in [-0.39, 0.29) is 6.29 Å². The van der Waals surface area contributed by atoms with Crippen molar-refractivity contribution in [3.8, 4) is 0 Å². The molecule has 2 rings (SSSR count). The second-order valence-corrected chi connectivity index (χ2v) is 2.52. The van der Waals surface area contributed by atoms with Crippen molar-refractivity contribution >= 4 is 0 Å². The molecule has 0 radical (unpaired) electrons. The van der Waals surface area contributed by atoms with E-state index < -0.39 is 0 Å². The van der Waals surface area contributed by atoms with Crippen LogP contribution in [0.3, 0.4) is 0 Å². The summed E-state index contributed by atoms with van der Waals surface area (Å²) in [4.78, 5) is 0. The normalized spacial score (nSPS) is 28.9. The first-order chi connectivity index (χ1) is 4.47. The van der Waals surface area contributed by atoms with Gasteiger partial charge >= 0.3 is 0 Å². The topological polar surface area (TPSA) is 18.5 Å². The Morgan fingerprint density at radius 2 is 1.78 bits per heavy atom. The van der Waals surface area contributed by atoms with E-state index in [1.165, 1.54) is 0 Å². The highest BCUT2D eigenvalue weighted by Gasteiger charge is 2.29. The summed E-state index contributed by atoms with van der Waals surface area (Å²) in [5.41, 5.74) is 0. The molecule has 0 amide bonds. The zero-order valence-corrected chi connectivity index (χ0v) is 5.25. The average Bonchev–Trinajstić information content (AvgIpc) is 2.11. The van der Waals surface area contributed by atoms with Crippen LogP contribution in [-0.2, 0) is 9.47 Å². The largest absolute Gasteiger partial charge is 0.326 e. The summed E-state index contributed by atoms with van der Waals surface area (Å²) in [6.07, 6.45) is 6.75. The SMILES string of the molecule is C1=CCC(C2OCO2)C1. The summed E-state index contributed by atoms with van der Waals surface area (Å²) in [6.45, 7) is 0.501. The Kier molecular flexibility index (Phi) is 1.28. The van der Waals surface area contributed by atoms with E-state index >= 15 is 0 Å². The fourth-order valence-electron chi connectivity index (χ4n) is 1.28. The van der Waals surface area contributed by atoms with Gasteiger partial charge in [-0.1, -0.05) is 12.2 Å². The lowest BCUT2D eigenvalue weighted by molar-refractivity contribution is -0.338. The van der Waals surface area contributed by atoms with Crippen molar-refractivity contribution in [3.05, 3.63) is 12.2 Å². The summed E-state index contributed by atoms with van der Waals surface area (Å²) in [5.74, 6) is 0.610. The highest BCUT2D eigenvalue weighted by molar-refractivity contribution is 4.95. The van der Waals surface area contributed by atoms with Crippen LogP contribution in [0, 0.1) is 5.92 Å². The molecule has 0 N–H and O–H groups in total. The van der Waals surface area contributed by atoms with Gasteiger partial charge in [-0.3, -0.25) is 0 Å². The lowest BCUT2D eigenvalue weighted by Gasteiger charge is -2.31. The van der Waals surface area contributed by atoms with Crippen LogP contribution >= 0.6 is 0 Å². The highest BCUT2D eigenvalue weighted by atomic mass is 16.8. The van der Waals surface area contributed by atoms with Crippen LogP contribution in [0.15, 0.2) is 12.2 Å². The third kappa shape index (κ3) is 0.884. The number of ether oxygens (including phenoxy) is 2. The van der Waals surface area contributed by atoms with Crippen molar-refractivity contribution in [3.63, 3.8) is 0 Å². The van der Waals surface area contributed by atoms with Gasteiger partial charge in [0.1, 0.15) is 0 Å². The van der Waals surface area contributed by atoms with Crippen LogP contribution < -0.4 is 0 Å². The van der Waals surface area contributed by atoms with Gasteiger partial charge in [0, 0.05) is 5.92 Å². The second-order valence-electron chi connectivity index (χ2n) is 2.52. The lowest BCUT2D eigenvalue weighted by Crippen LogP contribution is -2.36. The maximum atomic E-state index is 5.15. The standard InChI is InChI=1S/C7H10O2/c1-2-4-6(3-1)7-8-5-9-7/h1-2,6-7H,3-5H2. The first kappa shape index (κ1) is 5.45. The maximum absolute atomic E-state index is 5.15. The molecular weight excluding hydrogens is 116 g/mol. The molecule has 2 nitrogen and oxygen atoms in total. The van der Waals surface area contributed by atoms with E-state index in [2.05, 4.69) is 12.2 Å². The predicted molar refractivity (Wildman–Crippen MR) is 32.7 cm³/mol. The Morgan fingerprint density at radius 1 is 1.11 bits per heavy atom. The number of hydrogen-bond acceptors (Lipinski definition) is 2. The molecule has 9 heavy (non-hydrogen) atoms. The fraction of sp³-hybridized carbons (Fsp3) is 0.714. The smallest absolute Gasteiger partial charge is 0.166 e. The minimum absolute atomic E-state index is 0.111. The van der Waals surface area contributed by atoms with E-state index in [9.17, 15) is 0 Å². The van der Waals surface area contributed by atoms with Crippen molar-refractivity contribution in [2.24, 2.45) is 5.92 Å². The van der Waals surface area contributed by atoms with Gasteiger partial charge in [0.25, 0.3) is 0 Å². The molecule has 0 aromatic carbocycles. The van der Waals surface area contributed by atoms with Crippen molar-refractivity contribution < 1.29 is 9.47 Å². The molecule has 0 aromatic heterocycles. The second kappa shape index (κ2) is 2.12. The molecule has 1 saturated heterocycles. The summed E-state index contributed by atoms with van der Waals surface area (Å²) in [7, 11) is 0. The molecule has 1 aliphatic heterocycles. The first-order valence-corrected chi connectivity index (χ1v) is 3.35. The Hall–Kier alpha value is -0.340. The Morgan fingerprint density at radius 3 is 2.22 bits per heavy atom. The molecule has 2 heteroatoms. The molecule has 1 fully saturated rings. The maximum Gasteiger partial charge on any atom is 0.166 e. The summed E-state index contributed by atoms with van der Waals surface area (Å²) >= 11 is 0. The van der Waals surface area contributed by atoms with Crippen LogP contribution in [-0.4, -0.2) is 13.1 Å². The number of hydrogen-bond donors (Lipinski definition) is 0. The van der Waals surface area contributed by atoms with E-state index in [4.69, 9.17) is 9.47 Å². The van der Waals surface area contributed by atoms with Gasteiger partial charge in [0.2, 0.25) is 0 Å². The minimum atomic E-state index is 0.111. The van der Waals surface area contributed by atoms with Crippen LogP contribution in [0.4, 0.5) is 0 Å². The zero-order chi connectivity index (χ0) is 6.10. The predicted octanol–water partition coefficient (Wildman–Crippen LogP) is 1.28. The molecule has 0 saturated carbocycles. The van der Waals surface area contributed by atoms with E-state index in [1.54, 1.807) is 0 Å². The van der Waals surface area contributed by atoms with Crippen LogP contribution in [0.2, 0.25) is 0 Å². The Bertz CT molecular complexity index is 119. The molecule has 1 heterocycles. The number of rotatable bonds is 1. The van der Waals surface area contributed by atoms with E-state index in [0.29, 0.717) is 12.7 Å². The van der Waals surface area contributed by atoms with Gasteiger partial charge < -0.3 is 9.47 Å². The zero-order valence-electron chi connectivity index (χ0n) is 5.25. The molecule has 0 spiro atoms. The van der Waals surface area contributed by atoms with Gasteiger partial charge in [-0.15, -0.1) is 0 Å². The van der Waals surface area contributed by atoms with Crippen molar-refractivity contribution in [1.82, 2.24) is 0 Å². The molecule has 50 valence electrons. The highest BCUT2D eigenvalue weighted by Crippen LogP contribution is 2.27. The molecule has 0 unspecified atom stereocenters. The molecule has 0 aromatic rings. The summed E-state index contributed by atoms with van der Waals surface area (Å²) < 4.78 is 10.3. The van der Waals surface area contributed by atoms with Gasteiger partial charge in [-0.25, -0.2) is 0 Å². The quantitative estimate of drug-likeness (QED) is 0.493. The first-order valence-electron chi connectivity index (χ1n) is 3.35. The van der Waals surface area contributed by atoms with E-state index in [1.807, 2.05) is 0 Å². The summed E-state index contributed by atoms with van der Waals surface area (Å²) in [5, 5.41) is 0. The van der Waals surface area contributed by atoms with Crippen LogP contribution in [0.1, 0.15) is 12.8 Å². The van der Waals surface area contributed by atoms with Crippen LogP contribution in [0.25, 0.3) is 0 Å². The molecular formula is C7H10O2.